The second-order valence-electron chi connectivity index (χ2n) is 1.82. The van der Waals surface area contributed by atoms with Crippen LogP contribution in [0.3, 0.4) is 0 Å². The van der Waals surface area contributed by atoms with Crippen molar-refractivity contribution < 1.29 is 19.4 Å². The Morgan fingerprint density at radius 2 is 2.20 bits per heavy atom. The number of hydrogen-bond acceptors (Lipinski definition) is 4. The van der Waals surface area contributed by atoms with Gasteiger partial charge in [-0.15, -0.1) is 0 Å². The maximum absolute atomic E-state index is 10.5. The molecule has 60 valence electrons. The molecule has 0 aromatic carbocycles. The number of hydrogen-bond donors (Lipinski definition) is 1. The second-order valence-corrected chi connectivity index (χ2v) is 1.82. The van der Waals surface area contributed by atoms with Crippen molar-refractivity contribution in [3.05, 3.63) is 0 Å². The van der Waals surface area contributed by atoms with Crippen LogP contribution in [0, 0.1) is 0 Å². The van der Waals surface area contributed by atoms with Crippen LogP contribution < -0.4 is 0 Å². The van der Waals surface area contributed by atoms with E-state index in [4.69, 9.17) is 9.84 Å². The minimum atomic E-state index is -0.438. The molecule has 0 aliphatic rings. The summed E-state index contributed by atoms with van der Waals surface area (Å²) in [7, 11) is 2.73. The molecule has 0 saturated carbocycles. The lowest BCUT2D eigenvalue weighted by Gasteiger charge is -2.09. The first kappa shape index (κ1) is 9.39. The summed E-state index contributed by atoms with van der Waals surface area (Å²) in [4.78, 5) is 10.5. The van der Waals surface area contributed by atoms with Crippen LogP contribution in [0.1, 0.15) is 6.42 Å². The van der Waals surface area contributed by atoms with Crippen molar-refractivity contribution in [2.45, 2.75) is 12.5 Å². The van der Waals surface area contributed by atoms with Crippen LogP contribution in [0.2, 0.25) is 0 Å². The molecule has 0 aliphatic heterocycles. The van der Waals surface area contributed by atoms with Crippen LogP contribution in [0.25, 0.3) is 0 Å². The van der Waals surface area contributed by atoms with Gasteiger partial charge in [-0.2, -0.15) is 0 Å². The molecule has 0 aromatic rings. The number of methoxy groups -OCH3 is 2. The van der Waals surface area contributed by atoms with Crippen molar-refractivity contribution >= 4 is 5.97 Å². The Morgan fingerprint density at radius 3 is 2.50 bits per heavy atom. The fourth-order valence-electron chi connectivity index (χ4n) is 0.492. The molecule has 0 aromatic heterocycles. The lowest BCUT2D eigenvalue weighted by atomic mass is 10.3. The van der Waals surface area contributed by atoms with Gasteiger partial charge < -0.3 is 14.6 Å². The first-order valence-corrected chi connectivity index (χ1v) is 2.95. The van der Waals surface area contributed by atoms with E-state index in [9.17, 15) is 4.79 Å². The van der Waals surface area contributed by atoms with Gasteiger partial charge in [-0.1, -0.05) is 0 Å². The summed E-state index contributed by atoms with van der Waals surface area (Å²) in [5.74, 6) is -0.374. The Hall–Kier alpha value is -0.610. The molecule has 0 radical (unpaired) electrons. The number of esters is 1. The van der Waals surface area contributed by atoms with Crippen LogP contribution in [-0.4, -0.2) is 38.0 Å². The minimum Gasteiger partial charge on any atom is -0.469 e. The maximum Gasteiger partial charge on any atom is 0.308 e. The monoisotopic (exact) mass is 148 g/mol. The van der Waals surface area contributed by atoms with E-state index in [0.29, 0.717) is 0 Å². The Balaban J connectivity index is 3.52. The van der Waals surface area contributed by atoms with Gasteiger partial charge in [0, 0.05) is 7.11 Å². The number of aliphatic hydroxyl groups excluding tert-OH is 1. The normalized spacial score (nSPS) is 12.7. The average Bonchev–Trinajstić information content (AvgIpc) is 1.99. The molecule has 1 N–H and O–H groups in total. The van der Waals surface area contributed by atoms with Gasteiger partial charge in [0.2, 0.25) is 0 Å². The van der Waals surface area contributed by atoms with E-state index >= 15 is 0 Å². The van der Waals surface area contributed by atoms with Gasteiger partial charge in [-0.05, 0) is 0 Å². The quantitative estimate of drug-likeness (QED) is 0.549. The van der Waals surface area contributed by atoms with Gasteiger partial charge >= 0.3 is 5.97 Å². The van der Waals surface area contributed by atoms with Gasteiger partial charge in [0.15, 0.2) is 0 Å². The van der Waals surface area contributed by atoms with Gasteiger partial charge in [0.05, 0.1) is 26.2 Å². The predicted octanol–water partition coefficient (Wildman–Crippen LogP) is -0.443. The largest absolute Gasteiger partial charge is 0.469 e. The molecule has 0 fully saturated rings. The highest BCUT2D eigenvalue weighted by molar-refractivity contribution is 5.69. The molecule has 0 aliphatic carbocycles. The lowest BCUT2D eigenvalue weighted by Crippen LogP contribution is -2.20. The van der Waals surface area contributed by atoms with E-state index in [-0.39, 0.29) is 19.0 Å². The molecule has 0 rings (SSSR count). The van der Waals surface area contributed by atoms with E-state index in [1.807, 2.05) is 0 Å². The molecule has 0 spiro atoms. The summed E-state index contributed by atoms with van der Waals surface area (Å²) in [5, 5.41) is 8.54. The molecular weight excluding hydrogens is 136 g/mol. The van der Waals surface area contributed by atoms with Crippen LogP contribution in [0.4, 0.5) is 0 Å². The first-order chi connectivity index (χ1) is 4.74. The van der Waals surface area contributed by atoms with Crippen LogP contribution in [0.15, 0.2) is 0 Å². The van der Waals surface area contributed by atoms with Crippen molar-refractivity contribution in [3.63, 3.8) is 0 Å². The molecule has 1 atom stereocenters. The summed E-state index contributed by atoms with van der Waals surface area (Å²) in [6, 6.07) is 0. The third-order valence-electron chi connectivity index (χ3n) is 1.16. The summed E-state index contributed by atoms with van der Waals surface area (Å²) in [6.07, 6.45) is -0.337. The second kappa shape index (κ2) is 5.20. The van der Waals surface area contributed by atoms with Gasteiger partial charge in [0.25, 0.3) is 0 Å². The van der Waals surface area contributed by atoms with Gasteiger partial charge in [0.1, 0.15) is 0 Å². The summed E-state index contributed by atoms with van der Waals surface area (Å²) in [6.45, 7) is -0.161. The maximum atomic E-state index is 10.5. The van der Waals surface area contributed by atoms with E-state index in [0.717, 1.165) is 0 Å². The van der Waals surface area contributed by atoms with Crippen molar-refractivity contribution in [3.8, 4) is 0 Å². The van der Waals surface area contributed by atoms with E-state index in [1.165, 1.54) is 14.2 Å². The third-order valence-corrected chi connectivity index (χ3v) is 1.16. The number of aliphatic hydroxyl groups is 1. The van der Waals surface area contributed by atoms with Crippen molar-refractivity contribution in [1.29, 1.82) is 0 Å². The van der Waals surface area contributed by atoms with Gasteiger partial charge in [-0.3, -0.25) is 4.79 Å². The lowest BCUT2D eigenvalue weighted by molar-refractivity contribution is -0.144. The zero-order chi connectivity index (χ0) is 7.98. The number of carbonyl (C=O) groups is 1. The predicted molar refractivity (Wildman–Crippen MR) is 34.5 cm³/mol. The van der Waals surface area contributed by atoms with Crippen LogP contribution in [-0.2, 0) is 14.3 Å². The topological polar surface area (TPSA) is 55.8 Å². The number of carbonyl (C=O) groups excluding carboxylic acids is 1. The Morgan fingerprint density at radius 1 is 1.60 bits per heavy atom. The molecule has 0 amide bonds. The molecule has 0 heterocycles. The fraction of sp³-hybridized carbons (Fsp3) is 0.833. The molecule has 4 heteroatoms. The Bertz CT molecular complexity index is 97.9. The van der Waals surface area contributed by atoms with E-state index < -0.39 is 6.10 Å². The van der Waals surface area contributed by atoms with Crippen LogP contribution >= 0.6 is 0 Å². The zero-order valence-corrected chi connectivity index (χ0v) is 6.16. The van der Waals surface area contributed by atoms with E-state index in [2.05, 4.69) is 4.74 Å². The fourth-order valence-corrected chi connectivity index (χ4v) is 0.492. The summed E-state index contributed by atoms with van der Waals surface area (Å²) >= 11 is 0. The zero-order valence-electron chi connectivity index (χ0n) is 6.16. The number of rotatable bonds is 4. The standard InChI is InChI=1S/C6H12O4/c1-9-5(4-7)3-6(8)10-2/h5,7H,3-4H2,1-2H3. The van der Waals surface area contributed by atoms with E-state index in [1.54, 1.807) is 0 Å². The molecular formula is C6H12O4. The molecule has 4 nitrogen and oxygen atoms in total. The molecule has 0 saturated heterocycles. The highest BCUT2D eigenvalue weighted by Crippen LogP contribution is 1.96. The summed E-state index contributed by atoms with van der Waals surface area (Å²) in [5.41, 5.74) is 0. The first-order valence-electron chi connectivity index (χ1n) is 2.95. The Kier molecular flexibility index (Phi) is 4.88. The smallest absolute Gasteiger partial charge is 0.308 e. The Labute approximate surface area is 59.7 Å². The minimum absolute atomic E-state index is 0.101. The average molecular weight is 148 g/mol. The van der Waals surface area contributed by atoms with Crippen molar-refractivity contribution in [1.82, 2.24) is 0 Å². The highest BCUT2D eigenvalue weighted by Gasteiger charge is 2.11. The SMILES string of the molecule is COC(=O)CC(CO)OC. The highest BCUT2D eigenvalue weighted by atomic mass is 16.5. The molecule has 10 heavy (non-hydrogen) atoms. The van der Waals surface area contributed by atoms with Gasteiger partial charge in [-0.25, -0.2) is 0 Å². The molecule has 1 unspecified atom stereocenters. The van der Waals surface area contributed by atoms with Crippen LogP contribution in [0.5, 0.6) is 0 Å². The third kappa shape index (κ3) is 3.42. The summed E-state index contributed by atoms with van der Waals surface area (Å²) < 4.78 is 9.08. The van der Waals surface area contributed by atoms with Crippen molar-refractivity contribution in [2.24, 2.45) is 0 Å². The number of ether oxygens (including phenoxy) is 2. The molecule has 0 bridgehead atoms. The van der Waals surface area contributed by atoms with Crippen molar-refractivity contribution in [2.75, 3.05) is 20.8 Å².